The molecule has 20 heavy (non-hydrogen) atoms. The van der Waals surface area contributed by atoms with Crippen molar-refractivity contribution in [1.29, 1.82) is 0 Å². The van der Waals surface area contributed by atoms with Crippen molar-refractivity contribution in [3.63, 3.8) is 0 Å². The minimum absolute atomic E-state index is 0.413. The maximum atomic E-state index is 12.4. The predicted molar refractivity (Wildman–Crippen MR) is 91.0 cm³/mol. The fourth-order valence-electron chi connectivity index (χ4n) is 2.92. The van der Waals surface area contributed by atoms with Crippen LogP contribution in [0.1, 0.15) is 20.7 Å². The van der Waals surface area contributed by atoms with Gasteiger partial charge in [-0.1, -0.05) is 10.9 Å². The summed E-state index contributed by atoms with van der Waals surface area (Å²) in [6, 6.07) is 3.37. The first-order valence-electron chi connectivity index (χ1n) is 6.60. The topological polar surface area (TPSA) is 47.0 Å². The molecule has 0 aliphatic heterocycles. The first kappa shape index (κ1) is 13.0. The van der Waals surface area contributed by atoms with Crippen LogP contribution in [0.2, 0.25) is 0 Å². The Labute approximate surface area is 120 Å². The molecular weight excluding hydrogens is 245 g/mol. The molecule has 1 heterocycles. The molecule has 3 nitrogen and oxygen atoms in total. The molecule has 0 unspecified atom stereocenters. The molecule has 0 N–H and O–H groups in total. The fraction of sp³-hybridized carbons (Fsp3) is 0. The van der Waals surface area contributed by atoms with Gasteiger partial charge in [-0.15, -0.1) is 10.9 Å². The van der Waals surface area contributed by atoms with Gasteiger partial charge in [-0.25, -0.2) is 0 Å². The number of pyridine rings is 1. The first-order chi connectivity index (χ1) is 9.45. The molecule has 92 valence electrons. The van der Waals surface area contributed by atoms with Gasteiger partial charge in [0, 0.05) is 17.3 Å². The van der Waals surface area contributed by atoms with Crippen molar-refractivity contribution < 1.29 is 9.59 Å². The highest BCUT2D eigenvalue weighted by Gasteiger charge is 2.34. The Morgan fingerprint density at radius 2 is 1.40 bits per heavy atom. The number of ketones is 2. The van der Waals surface area contributed by atoms with Crippen molar-refractivity contribution in [2.24, 2.45) is 0 Å². The third-order valence-electron chi connectivity index (χ3n) is 4.41. The number of carbonyl (C=O) groups excluding carboxylic acids is 2. The van der Waals surface area contributed by atoms with E-state index < -0.39 is 11.6 Å². The van der Waals surface area contributed by atoms with Crippen LogP contribution in [0.15, 0.2) is 18.3 Å². The minimum atomic E-state index is -0.452. The molecule has 1 aliphatic carbocycles. The van der Waals surface area contributed by atoms with Crippen LogP contribution in [0.3, 0.4) is 0 Å². The van der Waals surface area contributed by atoms with Gasteiger partial charge in [-0.05, 0) is 12.1 Å². The lowest BCUT2D eigenvalue weighted by molar-refractivity contribution is 0.0816. The monoisotopic (exact) mass is 257 g/mol. The van der Waals surface area contributed by atoms with Gasteiger partial charge in [-0.2, -0.15) is 0 Å². The first-order valence-corrected chi connectivity index (χ1v) is 6.60. The molecule has 1 aliphatic rings. The summed E-state index contributed by atoms with van der Waals surface area (Å²) in [5.41, 5.74) is 6.54. The molecule has 1 aromatic carbocycles. The summed E-state index contributed by atoms with van der Waals surface area (Å²) < 4.78 is 0. The fourth-order valence-corrected chi connectivity index (χ4v) is 2.92. The van der Waals surface area contributed by atoms with Crippen LogP contribution < -0.4 is 21.9 Å². The number of hydrogen-bond acceptors (Lipinski definition) is 3. The van der Waals surface area contributed by atoms with E-state index in [0.29, 0.717) is 16.8 Å². The molecule has 2 aromatic rings. The Morgan fingerprint density at radius 3 is 2.05 bits per heavy atom. The summed E-state index contributed by atoms with van der Waals surface area (Å²) in [7, 11) is 7.92. The average Bonchev–Trinajstić information content (AvgIpc) is 2.46. The van der Waals surface area contributed by atoms with E-state index in [1.54, 1.807) is 18.3 Å². The van der Waals surface area contributed by atoms with Gasteiger partial charge in [0.1, 0.15) is 31.4 Å². The van der Waals surface area contributed by atoms with Crippen molar-refractivity contribution in [3.05, 3.63) is 29.5 Å². The van der Waals surface area contributed by atoms with E-state index in [-0.39, 0.29) is 0 Å². The Bertz CT molecular complexity index is 801. The van der Waals surface area contributed by atoms with Crippen LogP contribution >= 0.6 is 0 Å². The summed E-state index contributed by atoms with van der Waals surface area (Å²) >= 11 is 0. The third-order valence-corrected chi connectivity index (χ3v) is 4.41. The summed E-state index contributed by atoms with van der Waals surface area (Å²) in [4.78, 5) is 29.0. The van der Waals surface area contributed by atoms with Crippen LogP contribution in [0.5, 0.6) is 0 Å². The molecular formula is C13H11B4NO2. The van der Waals surface area contributed by atoms with E-state index in [4.69, 9.17) is 0 Å². The molecule has 0 atom stereocenters. The van der Waals surface area contributed by atoms with Gasteiger partial charge < -0.3 is 0 Å². The zero-order valence-corrected chi connectivity index (χ0v) is 12.0. The molecule has 0 fully saturated rings. The van der Waals surface area contributed by atoms with Crippen molar-refractivity contribution in [2.45, 2.75) is 0 Å². The second-order valence-corrected chi connectivity index (χ2v) is 5.31. The second kappa shape index (κ2) is 4.23. The maximum absolute atomic E-state index is 12.4. The molecule has 0 saturated carbocycles. The summed E-state index contributed by atoms with van der Waals surface area (Å²) in [5, 5.41) is 0. The second-order valence-electron chi connectivity index (χ2n) is 5.31. The van der Waals surface area contributed by atoms with Crippen LogP contribution in [0.25, 0.3) is 11.3 Å². The zero-order valence-electron chi connectivity index (χ0n) is 12.0. The van der Waals surface area contributed by atoms with E-state index in [2.05, 4.69) is 4.98 Å². The van der Waals surface area contributed by atoms with Crippen LogP contribution in [-0.2, 0) is 0 Å². The van der Waals surface area contributed by atoms with Crippen molar-refractivity contribution >= 4 is 64.8 Å². The number of Topliss-reactive ketones (excluding diaryl/α,β-unsaturated/α-hetero) is 2. The number of fused-ring (bicyclic) bond motifs is 3. The van der Waals surface area contributed by atoms with Crippen molar-refractivity contribution in [3.8, 4) is 11.3 Å². The smallest absolute Gasteiger partial charge is 0.235 e. The zero-order chi connectivity index (χ0) is 14.6. The lowest BCUT2D eigenvalue weighted by Crippen LogP contribution is -2.52. The highest BCUT2D eigenvalue weighted by molar-refractivity contribution is 6.68. The Hall–Kier alpha value is -2.03. The number of rotatable bonds is 0. The number of nitrogens with zero attached hydrogens (tertiary/aromatic N) is 1. The quantitative estimate of drug-likeness (QED) is 0.351. The van der Waals surface area contributed by atoms with Crippen LogP contribution in [-0.4, -0.2) is 47.9 Å². The van der Waals surface area contributed by atoms with Crippen LogP contribution in [0.4, 0.5) is 0 Å². The molecule has 0 saturated heterocycles. The minimum Gasteiger partial charge on any atom is -0.285 e. The third kappa shape index (κ3) is 1.49. The summed E-state index contributed by atoms with van der Waals surface area (Å²) in [6.45, 7) is 0. The number of carbonyl (C=O) groups is 2. The standard InChI is InChI=1S/C13H11B4NO2/c14-7-5-6(8(15)10(17)9(7)16)13(20)12(19)4-2-1-3-18-11(4)5/h1-3H,14-17H2. The van der Waals surface area contributed by atoms with Gasteiger partial charge in [0.15, 0.2) is 0 Å². The van der Waals surface area contributed by atoms with Gasteiger partial charge in [0.2, 0.25) is 11.6 Å². The molecule has 0 bridgehead atoms. The Balaban J connectivity index is 2.54. The van der Waals surface area contributed by atoms with Gasteiger partial charge in [0.05, 0.1) is 11.3 Å². The van der Waals surface area contributed by atoms with Gasteiger partial charge in [-0.3, -0.25) is 14.6 Å². The molecule has 1 aromatic heterocycles. The number of aromatic nitrogens is 1. The Kier molecular flexibility index (Phi) is 2.75. The largest absolute Gasteiger partial charge is 0.285 e. The van der Waals surface area contributed by atoms with E-state index >= 15 is 0 Å². The van der Waals surface area contributed by atoms with Gasteiger partial charge >= 0.3 is 0 Å². The number of hydrogen-bond donors (Lipinski definition) is 0. The molecule has 3 rings (SSSR count). The van der Waals surface area contributed by atoms with E-state index in [1.165, 1.54) is 0 Å². The highest BCUT2D eigenvalue weighted by atomic mass is 16.2. The predicted octanol–water partition coefficient (Wildman–Crippen LogP) is -4.84. The molecule has 0 spiro atoms. The van der Waals surface area contributed by atoms with Crippen molar-refractivity contribution in [1.82, 2.24) is 4.98 Å². The van der Waals surface area contributed by atoms with Crippen molar-refractivity contribution in [2.75, 3.05) is 0 Å². The average molecular weight is 256 g/mol. The maximum Gasteiger partial charge on any atom is 0.235 e. The van der Waals surface area contributed by atoms with Crippen LogP contribution in [0, 0.1) is 0 Å². The Morgan fingerprint density at radius 1 is 0.800 bits per heavy atom. The summed E-state index contributed by atoms with van der Waals surface area (Å²) in [6.07, 6.45) is 1.66. The SMILES string of the molecule is Bc1c(B)c(B)c2c(c1B)C(=O)C(=O)c1cccnc1-2. The van der Waals surface area contributed by atoms with Gasteiger partial charge in [0.25, 0.3) is 0 Å². The lowest BCUT2D eigenvalue weighted by Gasteiger charge is -2.24. The van der Waals surface area contributed by atoms with E-state index in [1.807, 2.05) is 31.4 Å². The number of benzene rings is 1. The highest BCUT2D eigenvalue weighted by Crippen LogP contribution is 2.28. The molecule has 0 radical (unpaired) electrons. The lowest BCUT2D eigenvalue weighted by atomic mass is 9.61. The summed E-state index contributed by atoms with van der Waals surface area (Å²) in [5.74, 6) is -0.865. The van der Waals surface area contributed by atoms with E-state index in [9.17, 15) is 9.59 Å². The molecule has 7 heteroatoms. The normalized spacial score (nSPS) is 13.0. The van der Waals surface area contributed by atoms with E-state index in [0.717, 1.165) is 27.4 Å². The molecule has 0 amide bonds.